The van der Waals surface area contributed by atoms with E-state index in [0.29, 0.717) is 10.8 Å². The summed E-state index contributed by atoms with van der Waals surface area (Å²) in [7, 11) is 0. The maximum atomic E-state index is 14.4. The van der Waals surface area contributed by atoms with E-state index in [1.54, 1.807) is 31.2 Å². The van der Waals surface area contributed by atoms with Crippen LogP contribution in [0.2, 0.25) is 0 Å². The lowest BCUT2D eigenvalue weighted by molar-refractivity contribution is -0.136. The van der Waals surface area contributed by atoms with Gasteiger partial charge in [0.2, 0.25) is 0 Å². The van der Waals surface area contributed by atoms with Crippen LogP contribution in [0.1, 0.15) is 28.4 Å². The maximum Gasteiger partial charge on any atom is 0.387 e. The van der Waals surface area contributed by atoms with Gasteiger partial charge in [-0.05, 0) is 24.6 Å². The van der Waals surface area contributed by atoms with Crippen molar-refractivity contribution in [3.8, 4) is 11.5 Å². The van der Waals surface area contributed by atoms with Crippen LogP contribution in [-0.2, 0) is 17.8 Å². The normalized spacial score (nSPS) is 13.0. The molecule has 1 heterocycles. The predicted molar refractivity (Wildman–Crippen MR) is 110 cm³/mol. The molecular formula is C23H18F3NO5. The molecule has 6 nitrogen and oxygen atoms in total. The Morgan fingerprint density at radius 1 is 1.16 bits per heavy atom. The number of hydrogen-bond donors (Lipinski definition) is 1. The van der Waals surface area contributed by atoms with Gasteiger partial charge in [0.05, 0.1) is 25.1 Å². The topological polar surface area (TPSA) is 76.1 Å². The van der Waals surface area contributed by atoms with Crippen LogP contribution in [0.3, 0.4) is 0 Å². The number of amides is 1. The van der Waals surface area contributed by atoms with Crippen LogP contribution in [0.25, 0.3) is 10.8 Å². The third-order valence-corrected chi connectivity index (χ3v) is 5.18. The van der Waals surface area contributed by atoms with E-state index in [1.165, 1.54) is 17.0 Å². The fourth-order valence-corrected chi connectivity index (χ4v) is 3.91. The van der Waals surface area contributed by atoms with Gasteiger partial charge in [-0.25, -0.2) is 4.39 Å². The number of hydrogen-bond acceptors (Lipinski definition) is 4. The molecule has 0 unspecified atom stereocenters. The molecule has 9 heteroatoms. The van der Waals surface area contributed by atoms with Crippen LogP contribution < -0.4 is 14.4 Å². The molecule has 0 saturated heterocycles. The second-order valence-electron chi connectivity index (χ2n) is 7.11. The highest BCUT2D eigenvalue weighted by Crippen LogP contribution is 2.46. The molecule has 1 amide bonds. The summed E-state index contributed by atoms with van der Waals surface area (Å²) in [4.78, 5) is 25.4. The number of anilines is 1. The zero-order valence-electron chi connectivity index (χ0n) is 16.9. The van der Waals surface area contributed by atoms with Gasteiger partial charge in [-0.3, -0.25) is 9.59 Å². The van der Waals surface area contributed by atoms with E-state index in [1.807, 2.05) is 0 Å². The molecule has 1 aliphatic rings. The van der Waals surface area contributed by atoms with Crippen LogP contribution in [0.4, 0.5) is 18.9 Å². The Morgan fingerprint density at radius 2 is 1.84 bits per heavy atom. The van der Waals surface area contributed by atoms with E-state index >= 15 is 0 Å². The minimum atomic E-state index is -3.11. The third kappa shape index (κ3) is 3.70. The van der Waals surface area contributed by atoms with E-state index in [4.69, 9.17) is 14.6 Å². The van der Waals surface area contributed by atoms with Crippen molar-refractivity contribution in [2.45, 2.75) is 26.5 Å². The van der Waals surface area contributed by atoms with E-state index in [-0.39, 0.29) is 47.0 Å². The van der Waals surface area contributed by atoms with Crippen molar-refractivity contribution in [3.05, 3.63) is 65.0 Å². The number of benzene rings is 3. The van der Waals surface area contributed by atoms with Crippen LogP contribution in [0.5, 0.6) is 11.5 Å². The molecule has 0 spiro atoms. The fourth-order valence-electron chi connectivity index (χ4n) is 3.91. The summed E-state index contributed by atoms with van der Waals surface area (Å²) in [5, 5.41) is 9.70. The Morgan fingerprint density at radius 3 is 2.44 bits per heavy atom. The first kappa shape index (κ1) is 21.5. The number of carbonyl (C=O) groups excluding carboxylic acids is 1. The van der Waals surface area contributed by atoms with E-state index in [9.17, 15) is 22.8 Å². The number of rotatable bonds is 7. The van der Waals surface area contributed by atoms with Crippen molar-refractivity contribution < 1.29 is 37.3 Å². The predicted octanol–water partition coefficient (Wildman–Crippen LogP) is 4.77. The molecule has 0 atom stereocenters. The van der Waals surface area contributed by atoms with Gasteiger partial charge in [0.25, 0.3) is 5.91 Å². The average Bonchev–Trinajstić information content (AvgIpc) is 3.08. The van der Waals surface area contributed by atoms with Gasteiger partial charge in [-0.1, -0.05) is 30.3 Å². The molecular weight excluding hydrogens is 427 g/mol. The molecule has 4 rings (SSSR count). The largest absolute Gasteiger partial charge is 0.492 e. The van der Waals surface area contributed by atoms with Crippen LogP contribution in [-0.4, -0.2) is 30.2 Å². The molecule has 0 aliphatic carbocycles. The summed E-state index contributed by atoms with van der Waals surface area (Å²) in [5.41, 5.74) is 0.420. The quantitative estimate of drug-likeness (QED) is 0.567. The van der Waals surface area contributed by atoms with Gasteiger partial charge in [0.15, 0.2) is 0 Å². The maximum absolute atomic E-state index is 14.4. The molecule has 1 N–H and O–H groups in total. The Hall–Kier alpha value is -3.75. The highest BCUT2D eigenvalue weighted by Gasteiger charge is 2.37. The van der Waals surface area contributed by atoms with E-state index < -0.39 is 30.7 Å². The summed E-state index contributed by atoms with van der Waals surface area (Å²) in [6.45, 7) is -1.29. The monoisotopic (exact) mass is 445 g/mol. The first-order valence-corrected chi connectivity index (χ1v) is 9.79. The fraction of sp³-hybridized carbons (Fsp3) is 0.217. The van der Waals surface area contributed by atoms with Crippen molar-refractivity contribution in [1.29, 1.82) is 0 Å². The number of carbonyl (C=O) groups is 2. The van der Waals surface area contributed by atoms with Gasteiger partial charge in [0, 0.05) is 22.0 Å². The Bertz CT molecular complexity index is 1230. The van der Waals surface area contributed by atoms with Gasteiger partial charge >= 0.3 is 12.6 Å². The lowest BCUT2D eigenvalue weighted by atomic mass is 9.99. The highest BCUT2D eigenvalue weighted by atomic mass is 19.3. The molecule has 0 saturated carbocycles. The van der Waals surface area contributed by atoms with Crippen molar-refractivity contribution in [3.63, 3.8) is 0 Å². The minimum Gasteiger partial charge on any atom is -0.492 e. The number of ether oxygens (including phenoxy) is 2. The number of carboxylic acid groups (broad SMARTS) is 1. The molecule has 166 valence electrons. The zero-order valence-corrected chi connectivity index (χ0v) is 16.9. The van der Waals surface area contributed by atoms with Crippen molar-refractivity contribution in [1.82, 2.24) is 0 Å². The number of fused-ring (bicyclic) bond motifs is 2. The van der Waals surface area contributed by atoms with Crippen molar-refractivity contribution in [2.75, 3.05) is 11.5 Å². The molecule has 0 fully saturated rings. The molecule has 3 aromatic rings. The highest BCUT2D eigenvalue weighted by molar-refractivity contribution is 6.16. The van der Waals surface area contributed by atoms with E-state index in [2.05, 4.69) is 0 Å². The van der Waals surface area contributed by atoms with Gasteiger partial charge in [0.1, 0.15) is 17.3 Å². The molecule has 0 aromatic heterocycles. The van der Waals surface area contributed by atoms with Crippen LogP contribution >= 0.6 is 0 Å². The lowest BCUT2D eigenvalue weighted by Gasteiger charge is -2.17. The Kier molecular flexibility index (Phi) is 5.65. The van der Waals surface area contributed by atoms with Crippen LogP contribution in [0.15, 0.2) is 42.5 Å². The first-order valence-electron chi connectivity index (χ1n) is 9.79. The number of nitrogens with zero attached hydrogens (tertiary/aromatic N) is 1. The van der Waals surface area contributed by atoms with Crippen molar-refractivity contribution in [2.24, 2.45) is 0 Å². The van der Waals surface area contributed by atoms with Gasteiger partial charge < -0.3 is 19.5 Å². The summed E-state index contributed by atoms with van der Waals surface area (Å²) in [6, 6.07) is 10.4. The minimum absolute atomic E-state index is 0.0344. The van der Waals surface area contributed by atoms with Crippen molar-refractivity contribution >= 4 is 28.3 Å². The first-order chi connectivity index (χ1) is 15.3. The number of carboxylic acids is 1. The lowest BCUT2D eigenvalue weighted by Crippen LogP contribution is -2.23. The molecule has 1 aliphatic heterocycles. The summed E-state index contributed by atoms with van der Waals surface area (Å²) < 4.78 is 51.5. The molecule has 0 radical (unpaired) electrons. The standard InChI is InChI=1S/C23H18F3NO5/c1-2-31-21-15-6-4-3-5-14(15)20(32-23(25)26)16-11-27(22(30)19(16)21)13-8-7-12(9-18(28)29)17(24)10-13/h3-8,10,23H,2,9,11H2,1H3,(H,28,29). The molecule has 32 heavy (non-hydrogen) atoms. The zero-order chi connectivity index (χ0) is 23.0. The van der Waals surface area contributed by atoms with E-state index in [0.717, 1.165) is 6.07 Å². The SMILES string of the molecule is CCOc1c2c(c(OC(F)F)c3ccccc13)CN(c1ccc(CC(=O)O)c(F)c1)C2=O. The second-order valence-corrected chi connectivity index (χ2v) is 7.11. The smallest absolute Gasteiger partial charge is 0.387 e. The third-order valence-electron chi connectivity index (χ3n) is 5.18. The van der Waals surface area contributed by atoms with Gasteiger partial charge in [-0.2, -0.15) is 8.78 Å². The number of alkyl halides is 2. The molecule has 3 aromatic carbocycles. The average molecular weight is 445 g/mol. The summed E-state index contributed by atoms with van der Waals surface area (Å²) in [6.07, 6.45) is -0.507. The Balaban J connectivity index is 1.87. The van der Waals surface area contributed by atoms with Crippen LogP contribution in [0, 0.1) is 5.82 Å². The molecule has 0 bridgehead atoms. The number of halogens is 3. The van der Waals surface area contributed by atoms with Gasteiger partial charge in [-0.15, -0.1) is 0 Å². The number of aliphatic carboxylic acids is 1. The Labute approximate surface area is 180 Å². The second kappa shape index (κ2) is 8.41. The summed E-state index contributed by atoms with van der Waals surface area (Å²) >= 11 is 0. The summed E-state index contributed by atoms with van der Waals surface area (Å²) in [5.74, 6) is -2.42.